The Bertz CT molecular complexity index is 329. The molecule has 1 unspecified atom stereocenters. The lowest BCUT2D eigenvalue weighted by atomic mass is 10.1. The highest BCUT2D eigenvalue weighted by Crippen LogP contribution is 2.38. The Kier molecular flexibility index (Phi) is 3.21. The summed E-state index contributed by atoms with van der Waals surface area (Å²) in [5.74, 6) is -0.479. The van der Waals surface area contributed by atoms with Crippen LogP contribution in [0.3, 0.4) is 0 Å². The molecule has 0 bridgehead atoms. The van der Waals surface area contributed by atoms with Crippen LogP contribution in [0.15, 0.2) is 0 Å². The standard InChI is InChI=1S/C8H15N2O4P/c1-5-14-15(13)10-6(11)8(2,3)9(4)7(10)12/h15H,5H2,1-4H3. The monoisotopic (exact) mass is 234 g/mol. The van der Waals surface area contributed by atoms with E-state index in [9.17, 15) is 14.2 Å². The van der Waals surface area contributed by atoms with Crippen LogP contribution in [0.25, 0.3) is 0 Å². The maximum atomic E-state index is 11.8. The Morgan fingerprint density at radius 1 is 1.40 bits per heavy atom. The molecule has 7 heteroatoms. The van der Waals surface area contributed by atoms with Gasteiger partial charge in [0, 0.05) is 7.05 Å². The number of imide groups is 1. The quantitative estimate of drug-likeness (QED) is 0.541. The Labute approximate surface area is 89.1 Å². The summed E-state index contributed by atoms with van der Waals surface area (Å²) in [5.41, 5.74) is -0.950. The number of rotatable bonds is 3. The van der Waals surface area contributed by atoms with Gasteiger partial charge in [-0.2, -0.15) is 4.67 Å². The van der Waals surface area contributed by atoms with Gasteiger partial charge in [0.2, 0.25) is 0 Å². The number of urea groups is 1. The highest BCUT2D eigenvalue weighted by molar-refractivity contribution is 7.38. The molecule has 1 aliphatic heterocycles. The molecule has 86 valence electrons. The molecule has 15 heavy (non-hydrogen) atoms. The summed E-state index contributed by atoms with van der Waals surface area (Å²) >= 11 is 0. The summed E-state index contributed by atoms with van der Waals surface area (Å²) in [7, 11) is -1.27. The van der Waals surface area contributed by atoms with Crippen LogP contribution in [-0.2, 0) is 13.9 Å². The molecule has 0 spiro atoms. The molecule has 1 saturated heterocycles. The minimum atomic E-state index is -2.78. The predicted molar refractivity (Wildman–Crippen MR) is 54.7 cm³/mol. The second-order valence-electron chi connectivity index (χ2n) is 3.74. The molecule has 6 nitrogen and oxygen atoms in total. The number of nitrogens with zero attached hydrogens (tertiary/aromatic N) is 2. The zero-order valence-corrected chi connectivity index (χ0v) is 10.2. The van der Waals surface area contributed by atoms with E-state index in [-0.39, 0.29) is 6.61 Å². The van der Waals surface area contributed by atoms with E-state index in [2.05, 4.69) is 0 Å². The fraction of sp³-hybridized carbons (Fsp3) is 0.750. The SMILES string of the molecule is CCO[PH](=O)N1C(=O)N(C)C(C)(C)C1=O. The van der Waals surface area contributed by atoms with Gasteiger partial charge in [-0.3, -0.25) is 9.36 Å². The highest BCUT2D eigenvalue weighted by Gasteiger charge is 2.51. The average Bonchev–Trinajstić information content (AvgIpc) is 2.29. The minimum absolute atomic E-state index is 0.207. The molecule has 1 fully saturated rings. The van der Waals surface area contributed by atoms with E-state index >= 15 is 0 Å². The third kappa shape index (κ3) is 1.79. The molecule has 0 aliphatic carbocycles. The molecule has 1 aliphatic rings. The van der Waals surface area contributed by atoms with Gasteiger partial charge in [0.1, 0.15) is 5.54 Å². The molecular weight excluding hydrogens is 219 g/mol. The van der Waals surface area contributed by atoms with Crippen LogP contribution in [0.1, 0.15) is 20.8 Å². The van der Waals surface area contributed by atoms with Gasteiger partial charge in [0.15, 0.2) is 0 Å². The maximum absolute atomic E-state index is 11.8. The van der Waals surface area contributed by atoms with E-state index in [1.807, 2.05) is 0 Å². The summed E-state index contributed by atoms with van der Waals surface area (Å²) in [6, 6.07) is -0.567. The Morgan fingerprint density at radius 3 is 2.27 bits per heavy atom. The van der Waals surface area contributed by atoms with Crippen LogP contribution in [0.2, 0.25) is 0 Å². The first-order valence-electron chi connectivity index (χ1n) is 4.63. The average molecular weight is 234 g/mol. The van der Waals surface area contributed by atoms with Gasteiger partial charge in [-0.05, 0) is 20.8 Å². The second kappa shape index (κ2) is 3.94. The van der Waals surface area contributed by atoms with Gasteiger partial charge in [0.25, 0.3) is 14.1 Å². The number of hydrogen-bond acceptors (Lipinski definition) is 4. The van der Waals surface area contributed by atoms with E-state index in [1.54, 1.807) is 20.8 Å². The van der Waals surface area contributed by atoms with E-state index in [0.29, 0.717) is 4.67 Å². The number of amides is 3. The van der Waals surface area contributed by atoms with E-state index in [1.165, 1.54) is 11.9 Å². The highest BCUT2D eigenvalue weighted by atomic mass is 31.1. The number of carbonyl (C=O) groups excluding carboxylic acids is 2. The molecule has 0 radical (unpaired) electrons. The second-order valence-corrected chi connectivity index (χ2v) is 5.01. The van der Waals surface area contributed by atoms with Crippen LogP contribution >= 0.6 is 8.18 Å². The predicted octanol–water partition coefficient (Wildman–Crippen LogP) is 1.09. The van der Waals surface area contributed by atoms with Crippen LogP contribution in [-0.4, -0.2) is 40.7 Å². The van der Waals surface area contributed by atoms with Gasteiger partial charge in [-0.15, -0.1) is 0 Å². The van der Waals surface area contributed by atoms with Crippen molar-refractivity contribution < 1.29 is 18.7 Å². The van der Waals surface area contributed by atoms with E-state index in [0.717, 1.165) is 0 Å². The topological polar surface area (TPSA) is 66.9 Å². The van der Waals surface area contributed by atoms with Gasteiger partial charge in [-0.1, -0.05) is 0 Å². The van der Waals surface area contributed by atoms with Gasteiger partial charge < -0.3 is 9.42 Å². The van der Waals surface area contributed by atoms with Crippen LogP contribution in [0.5, 0.6) is 0 Å². The fourth-order valence-corrected chi connectivity index (χ4v) is 2.36. The third-order valence-corrected chi connectivity index (χ3v) is 3.79. The molecule has 3 amide bonds. The molecule has 0 saturated carbocycles. The molecule has 1 heterocycles. The van der Waals surface area contributed by atoms with Crippen molar-refractivity contribution in [1.29, 1.82) is 0 Å². The lowest BCUT2D eigenvalue weighted by Gasteiger charge is -2.22. The Morgan fingerprint density at radius 2 is 1.93 bits per heavy atom. The largest absolute Gasteiger partial charge is 0.334 e. The summed E-state index contributed by atoms with van der Waals surface area (Å²) < 4.78 is 17.0. The fourth-order valence-electron chi connectivity index (χ4n) is 1.24. The maximum Gasteiger partial charge on any atom is 0.334 e. The lowest BCUT2D eigenvalue weighted by molar-refractivity contribution is -0.128. The molecule has 0 aromatic heterocycles. The molecule has 1 rings (SSSR count). The number of hydrogen-bond donors (Lipinski definition) is 0. The van der Waals surface area contributed by atoms with Crippen molar-refractivity contribution in [2.75, 3.05) is 13.7 Å². The number of carbonyl (C=O) groups is 2. The normalized spacial score (nSPS) is 22.4. The first-order valence-corrected chi connectivity index (χ1v) is 5.89. The van der Waals surface area contributed by atoms with Crippen molar-refractivity contribution in [2.45, 2.75) is 26.3 Å². The van der Waals surface area contributed by atoms with Crippen molar-refractivity contribution in [3.8, 4) is 0 Å². The zero-order valence-electron chi connectivity index (χ0n) is 9.23. The smallest absolute Gasteiger partial charge is 0.315 e. The first-order chi connectivity index (χ1) is 6.84. The van der Waals surface area contributed by atoms with E-state index < -0.39 is 25.7 Å². The van der Waals surface area contributed by atoms with Crippen molar-refractivity contribution >= 4 is 20.1 Å². The molecular formula is C8H15N2O4P. The van der Waals surface area contributed by atoms with Crippen molar-refractivity contribution in [3.05, 3.63) is 0 Å². The summed E-state index contributed by atoms with van der Waals surface area (Å²) in [5, 5.41) is 0. The number of likely N-dealkylation sites (N-methyl/N-ethyl adjacent to an activating group) is 1. The summed E-state index contributed by atoms with van der Waals surface area (Å²) in [4.78, 5) is 24.7. The zero-order chi connectivity index (χ0) is 11.8. The molecule has 0 aromatic carbocycles. The molecule has 1 atom stereocenters. The van der Waals surface area contributed by atoms with Crippen LogP contribution in [0.4, 0.5) is 4.79 Å². The third-order valence-electron chi connectivity index (χ3n) is 2.49. The first kappa shape index (κ1) is 12.2. The lowest BCUT2D eigenvalue weighted by Crippen LogP contribution is -2.41. The van der Waals surface area contributed by atoms with E-state index in [4.69, 9.17) is 4.52 Å². The van der Waals surface area contributed by atoms with Crippen molar-refractivity contribution in [2.24, 2.45) is 0 Å². The van der Waals surface area contributed by atoms with Crippen LogP contribution < -0.4 is 0 Å². The van der Waals surface area contributed by atoms with Crippen LogP contribution in [0, 0.1) is 0 Å². The van der Waals surface area contributed by atoms with Gasteiger partial charge in [0.05, 0.1) is 6.61 Å². The minimum Gasteiger partial charge on any atom is -0.315 e. The van der Waals surface area contributed by atoms with Crippen molar-refractivity contribution in [1.82, 2.24) is 9.57 Å². The Balaban J connectivity index is 2.98. The summed E-state index contributed by atoms with van der Waals surface area (Å²) in [6.07, 6.45) is 0. The molecule has 0 N–H and O–H groups in total. The summed E-state index contributed by atoms with van der Waals surface area (Å²) in [6.45, 7) is 5.07. The van der Waals surface area contributed by atoms with Gasteiger partial charge in [-0.25, -0.2) is 4.79 Å². The molecule has 0 aromatic rings. The van der Waals surface area contributed by atoms with Gasteiger partial charge >= 0.3 is 6.03 Å². The van der Waals surface area contributed by atoms with Crippen molar-refractivity contribution in [3.63, 3.8) is 0 Å². The Hall–Kier alpha value is -0.870.